The lowest BCUT2D eigenvalue weighted by molar-refractivity contribution is -0.261. The van der Waals surface area contributed by atoms with Gasteiger partial charge in [-0.2, -0.15) is 0 Å². The Kier molecular flexibility index (Phi) is 6.25. The van der Waals surface area contributed by atoms with Crippen molar-refractivity contribution in [1.29, 1.82) is 0 Å². The third kappa shape index (κ3) is 4.15. The number of nitrogens with one attached hydrogen (secondary N) is 1. The molecule has 1 aliphatic heterocycles. The molecule has 0 spiro atoms. The highest BCUT2D eigenvalue weighted by molar-refractivity contribution is 5.95. The molecule has 1 fully saturated rings. The summed E-state index contributed by atoms with van der Waals surface area (Å²) in [6.45, 7) is -0.578. The zero-order chi connectivity index (χ0) is 20.3. The summed E-state index contributed by atoms with van der Waals surface area (Å²) in [5.74, 6) is 0.101. The fourth-order valence-electron chi connectivity index (χ4n) is 2.99. The standard InChI is InChI=1S/C20H22FNO6/c1-22-19(26)13-4-2-3-12(9-13)11-5-7-14(8-6-11)27-20-16(21)18(25)17(24)15(10-23)28-20/h2-9,15-18,20,23-25H,10H2,1H3,(H,22,26)/t15-,16+,17-,18-,20+/m1/s1. The summed E-state index contributed by atoms with van der Waals surface area (Å²) in [5, 5.41) is 31.2. The average molecular weight is 391 g/mol. The van der Waals surface area contributed by atoms with Crippen LogP contribution in [-0.2, 0) is 4.74 Å². The molecule has 2 aromatic carbocycles. The molecule has 1 amide bonds. The molecule has 28 heavy (non-hydrogen) atoms. The zero-order valence-electron chi connectivity index (χ0n) is 15.2. The summed E-state index contributed by atoms with van der Waals surface area (Å²) in [4.78, 5) is 11.8. The lowest BCUT2D eigenvalue weighted by atomic mass is 10.0. The second kappa shape index (κ2) is 8.66. The van der Waals surface area contributed by atoms with Crippen LogP contribution in [0.15, 0.2) is 48.5 Å². The molecule has 1 heterocycles. The molecule has 5 atom stereocenters. The Morgan fingerprint density at radius 3 is 2.50 bits per heavy atom. The quantitative estimate of drug-likeness (QED) is 0.602. The minimum Gasteiger partial charge on any atom is -0.462 e. The van der Waals surface area contributed by atoms with E-state index in [1.165, 1.54) is 0 Å². The van der Waals surface area contributed by atoms with Crippen LogP contribution in [0.3, 0.4) is 0 Å². The first kappa shape index (κ1) is 20.2. The molecular formula is C20H22FNO6. The van der Waals surface area contributed by atoms with Gasteiger partial charge in [-0.05, 0) is 35.4 Å². The number of benzene rings is 2. The highest BCUT2D eigenvalue weighted by atomic mass is 19.1. The number of halogens is 1. The van der Waals surface area contributed by atoms with Crippen molar-refractivity contribution < 1.29 is 34.0 Å². The Balaban J connectivity index is 1.74. The monoisotopic (exact) mass is 391 g/mol. The van der Waals surface area contributed by atoms with Gasteiger partial charge in [0, 0.05) is 12.6 Å². The van der Waals surface area contributed by atoms with Crippen LogP contribution < -0.4 is 10.1 Å². The van der Waals surface area contributed by atoms with Crippen molar-refractivity contribution in [2.75, 3.05) is 13.7 Å². The van der Waals surface area contributed by atoms with Crippen LogP contribution in [0.1, 0.15) is 10.4 Å². The molecule has 0 unspecified atom stereocenters. The molecule has 0 radical (unpaired) electrons. The van der Waals surface area contributed by atoms with Gasteiger partial charge < -0.3 is 30.1 Å². The number of aliphatic hydroxyl groups excluding tert-OH is 3. The molecule has 1 saturated heterocycles. The highest BCUT2D eigenvalue weighted by Crippen LogP contribution is 2.28. The van der Waals surface area contributed by atoms with E-state index in [0.29, 0.717) is 11.3 Å². The summed E-state index contributed by atoms with van der Waals surface area (Å²) in [6, 6.07) is 13.8. The first-order valence-electron chi connectivity index (χ1n) is 8.80. The predicted molar refractivity (Wildman–Crippen MR) is 98.6 cm³/mol. The van der Waals surface area contributed by atoms with Crippen LogP contribution in [-0.4, -0.2) is 65.7 Å². The summed E-state index contributed by atoms with van der Waals surface area (Å²) >= 11 is 0. The number of amides is 1. The van der Waals surface area contributed by atoms with E-state index in [-0.39, 0.29) is 5.91 Å². The third-order valence-corrected chi connectivity index (χ3v) is 4.60. The predicted octanol–water partition coefficient (Wildman–Crippen LogP) is 0.869. The fraction of sp³-hybridized carbons (Fsp3) is 0.350. The van der Waals surface area contributed by atoms with Gasteiger partial charge in [0.15, 0.2) is 6.17 Å². The van der Waals surface area contributed by atoms with Crippen LogP contribution in [0.4, 0.5) is 4.39 Å². The van der Waals surface area contributed by atoms with Crippen molar-refractivity contribution in [3.63, 3.8) is 0 Å². The molecule has 1 aliphatic rings. The largest absolute Gasteiger partial charge is 0.462 e. The van der Waals surface area contributed by atoms with Gasteiger partial charge in [-0.1, -0.05) is 24.3 Å². The van der Waals surface area contributed by atoms with Gasteiger partial charge in [-0.25, -0.2) is 4.39 Å². The number of carbonyl (C=O) groups is 1. The van der Waals surface area contributed by atoms with Crippen molar-refractivity contribution in [1.82, 2.24) is 5.32 Å². The molecule has 4 N–H and O–H groups in total. The Bertz CT molecular complexity index is 813. The maximum Gasteiger partial charge on any atom is 0.251 e. The van der Waals surface area contributed by atoms with Gasteiger partial charge >= 0.3 is 0 Å². The molecule has 0 bridgehead atoms. The van der Waals surface area contributed by atoms with Crippen LogP contribution in [0.5, 0.6) is 5.75 Å². The van der Waals surface area contributed by atoms with Gasteiger partial charge in [0.25, 0.3) is 5.91 Å². The van der Waals surface area contributed by atoms with E-state index in [0.717, 1.165) is 11.1 Å². The summed E-state index contributed by atoms with van der Waals surface area (Å²) in [7, 11) is 1.56. The first-order valence-corrected chi connectivity index (χ1v) is 8.80. The normalized spacial score (nSPS) is 27.2. The van der Waals surface area contributed by atoms with E-state index in [2.05, 4.69) is 5.32 Å². The number of carbonyl (C=O) groups excluding carboxylic acids is 1. The second-order valence-electron chi connectivity index (χ2n) is 6.45. The first-order chi connectivity index (χ1) is 13.4. The lowest BCUT2D eigenvalue weighted by Gasteiger charge is -2.38. The average Bonchev–Trinajstić information content (AvgIpc) is 2.74. The number of hydrogen-bond donors (Lipinski definition) is 4. The molecule has 0 aliphatic carbocycles. The maximum atomic E-state index is 14.2. The Labute approximate surface area is 161 Å². The minimum atomic E-state index is -1.97. The molecular weight excluding hydrogens is 369 g/mol. The number of alkyl halides is 1. The van der Waals surface area contributed by atoms with Gasteiger partial charge in [0.2, 0.25) is 6.29 Å². The summed E-state index contributed by atoms with van der Waals surface area (Å²) < 4.78 is 24.9. The van der Waals surface area contributed by atoms with E-state index < -0.39 is 37.4 Å². The maximum absolute atomic E-state index is 14.2. The van der Waals surface area contributed by atoms with E-state index in [9.17, 15) is 24.5 Å². The van der Waals surface area contributed by atoms with Crippen LogP contribution in [0.25, 0.3) is 11.1 Å². The SMILES string of the molecule is CNC(=O)c1cccc(-c2ccc(O[C@H]3O[C@H](CO)[C@@H](O)[C@H](O)[C@@H]3F)cc2)c1. The van der Waals surface area contributed by atoms with E-state index in [1.807, 2.05) is 6.07 Å². The van der Waals surface area contributed by atoms with E-state index >= 15 is 0 Å². The van der Waals surface area contributed by atoms with Gasteiger partial charge in [0.1, 0.15) is 24.1 Å². The Hall–Kier alpha value is -2.52. The fourth-order valence-corrected chi connectivity index (χ4v) is 2.99. The van der Waals surface area contributed by atoms with Gasteiger partial charge in [-0.15, -0.1) is 0 Å². The topological polar surface area (TPSA) is 108 Å². The molecule has 8 heteroatoms. The highest BCUT2D eigenvalue weighted by Gasteiger charge is 2.46. The third-order valence-electron chi connectivity index (χ3n) is 4.60. The Morgan fingerprint density at radius 1 is 1.14 bits per heavy atom. The molecule has 0 aromatic heterocycles. The molecule has 0 saturated carbocycles. The van der Waals surface area contributed by atoms with Gasteiger partial charge in [0.05, 0.1) is 6.61 Å². The van der Waals surface area contributed by atoms with Crippen molar-refractivity contribution >= 4 is 5.91 Å². The number of aliphatic hydroxyl groups is 3. The van der Waals surface area contributed by atoms with Gasteiger partial charge in [-0.3, -0.25) is 4.79 Å². The number of hydrogen-bond acceptors (Lipinski definition) is 6. The van der Waals surface area contributed by atoms with Crippen LogP contribution in [0, 0.1) is 0 Å². The molecule has 2 aromatic rings. The zero-order valence-corrected chi connectivity index (χ0v) is 15.2. The van der Waals surface area contributed by atoms with E-state index in [1.54, 1.807) is 49.5 Å². The van der Waals surface area contributed by atoms with Crippen molar-refractivity contribution in [3.8, 4) is 16.9 Å². The van der Waals surface area contributed by atoms with Crippen LogP contribution in [0.2, 0.25) is 0 Å². The number of rotatable bonds is 5. The second-order valence-corrected chi connectivity index (χ2v) is 6.45. The van der Waals surface area contributed by atoms with E-state index in [4.69, 9.17) is 9.47 Å². The smallest absolute Gasteiger partial charge is 0.251 e. The van der Waals surface area contributed by atoms with Crippen molar-refractivity contribution in [3.05, 3.63) is 54.1 Å². The minimum absolute atomic E-state index is 0.190. The Morgan fingerprint density at radius 2 is 1.86 bits per heavy atom. The van der Waals surface area contributed by atoms with Crippen molar-refractivity contribution in [2.45, 2.75) is 30.8 Å². The molecule has 7 nitrogen and oxygen atoms in total. The summed E-state index contributed by atoms with van der Waals surface area (Å²) in [5.41, 5.74) is 2.17. The summed E-state index contributed by atoms with van der Waals surface area (Å²) in [6.07, 6.45) is -7.82. The number of ether oxygens (including phenoxy) is 2. The van der Waals surface area contributed by atoms with Crippen molar-refractivity contribution in [2.24, 2.45) is 0 Å². The molecule has 3 rings (SSSR count). The lowest BCUT2D eigenvalue weighted by Crippen LogP contribution is -2.58. The van der Waals surface area contributed by atoms with Crippen LogP contribution >= 0.6 is 0 Å². The molecule has 150 valence electrons.